The highest BCUT2D eigenvalue weighted by molar-refractivity contribution is 5.96. The Morgan fingerprint density at radius 1 is 1.21 bits per heavy atom. The number of fused-ring (bicyclic) bond motifs is 2. The number of aromatic nitrogens is 4. The van der Waals surface area contributed by atoms with Crippen LogP contribution in [0, 0.1) is 0 Å². The van der Waals surface area contributed by atoms with E-state index in [1.54, 1.807) is 6.20 Å². The van der Waals surface area contributed by atoms with E-state index >= 15 is 0 Å². The third-order valence-electron chi connectivity index (χ3n) is 4.66. The second kappa shape index (κ2) is 6.41. The highest BCUT2D eigenvalue weighted by Crippen LogP contribution is 2.34. The van der Waals surface area contributed by atoms with E-state index in [2.05, 4.69) is 20.7 Å². The quantitative estimate of drug-likeness (QED) is 0.572. The van der Waals surface area contributed by atoms with E-state index in [0.29, 0.717) is 11.4 Å². The first-order valence-electron chi connectivity index (χ1n) is 9.04. The number of imidazole rings is 1. The number of hydrogen-bond donors (Lipinski definition) is 2. The van der Waals surface area contributed by atoms with Gasteiger partial charge in [0.25, 0.3) is 5.91 Å². The van der Waals surface area contributed by atoms with Crippen molar-refractivity contribution in [1.29, 1.82) is 0 Å². The molecule has 0 unspecified atom stereocenters. The molecule has 1 aliphatic rings. The van der Waals surface area contributed by atoms with Crippen LogP contribution < -0.4 is 15.4 Å². The van der Waals surface area contributed by atoms with E-state index in [9.17, 15) is 4.79 Å². The van der Waals surface area contributed by atoms with Gasteiger partial charge < -0.3 is 19.8 Å². The standard InChI is InChI=1S/C20H18N6O2/c1-2-26-7-5-18(24-26)22-16-10-14(11-25-8-6-21-20(16)25)13-3-4-17-15(9-13)23-19(27)12-28-17/h3-11H,2,12H2,1H3,(H,22,24)(H,23,27). The maximum Gasteiger partial charge on any atom is 0.262 e. The van der Waals surface area contributed by atoms with Gasteiger partial charge in [0, 0.05) is 43.0 Å². The first kappa shape index (κ1) is 16.4. The molecule has 1 aliphatic heterocycles. The molecular weight excluding hydrogens is 356 g/mol. The Hall–Kier alpha value is -3.81. The molecule has 0 atom stereocenters. The summed E-state index contributed by atoms with van der Waals surface area (Å²) >= 11 is 0. The Morgan fingerprint density at radius 2 is 2.14 bits per heavy atom. The van der Waals surface area contributed by atoms with E-state index in [4.69, 9.17) is 4.74 Å². The molecule has 0 spiro atoms. The number of hydrogen-bond acceptors (Lipinski definition) is 5. The number of aryl methyl sites for hydroxylation is 1. The number of rotatable bonds is 4. The molecule has 28 heavy (non-hydrogen) atoms. The molecule has 8 heteroatoms. The van der Waals surface area contributed by atoms with Gasteiger partial charge in [-0.3, -0.25) is 9.48 Å². The zero-order valence-corrected chi connectivity index (χ0v) is 15.2. The van der Waals surface area contributed by atoms with E-state index in [1.165, 1.54) is 0 Å². The molecule has 1 aromatic carbocycles. The number of carbonyl (C=O) groups is 1. The molecule has 2 N–H and O–H groups in total. The second-order valence-corrected chi connectivity index (χ2v) is 6.53. The van der Waals surface area contributed by atoms with Crippen LogP contribution in [0.15, 0.2) is 55.1 Å². The smallest absolute Gasteiger partial charge is 0.262 e. The average Bonchev–Trinajstić information content (AvgIpc) is 3.36. The Balaban J connectivity index is 1.57. The predicted molar refractivity (Wildman–Crippen MR) is 106 cm³/mol. The molecule has 0 saturated heterocycles. The monoisotopic (exact) mass is 374 g/mol. The minimum absolute atomic E-state index is 0.0474. The number of amides is 1. The van der Waals surface area contributed by atoms with Crippen LogP contribution in [-0.4, -0.2) is 31.7 Å². The number of nitrogens with zero attached hydrogens (tertiary/aromatic N) is 4. The number of nitrogens with one attached hydrogen (secondary N) is 2. The van der Waals surface area contributed by atoms with Gasteiger partial charge >= 0.3 is 0 Å². The highest BCUT2D eigenvalue weighted by Gasteiger charge is 2.17. The number of anilines is 3. The summed E-state index contributed by atoms with van der Waals surface area (Å²) < 4.78 is 9.27. The Bertz CT molecular complexity index is 1190. The van der Waals surface area contributed by atoms with Gasteiger partial charge in [0.1, 0.15) is 5.75 Å². The lowest BCUT2D eigenvalue weighted by molar-refractivity contribution is -0.118. The number of pyridine rings is 1. The highest BCUT2D eigenvalue weighted by atomic mass is 16.5. The van der Waals surface area contributed by atoms with Crippen LogP contribution in [0.1, 0.15) is 6.92 Å². The Kier molecular flexibility index (Phi) is 3.75. The zero-order valence-electron chi connectivity index (χ0n) is 15.2. The Labute approximate surface area is 160 Å². The van der Waals surface area contributed by atoms with Crippen molar-refractivity contribution in [2.45, 2.75) is 13.5 Å². The van der Waals surface area contributed by atoms with Gasteiger partial charge in [-0.2, -0.15) is 5.10 Å². The SMILES string of the molecule is CCn1ccc(Nc2cc(-c3ccc4c(c3)NC(=O)CO4)cn3ccnc23)n1. The average molecular weight is 374 g/mol. The molecule has 5 rings (SSSR count). The van der Waals surface area contributed by atoms with Crippen LogP contribution in [0.25, 0.3) is 16.8 Å². The summed E-state index contributed by atoms with van der Waals surface area (Å²) in [5.74, 6) is 1.29. The lowest BCUT2D eigenvalue weighted by Gasteiger charge is -2.19. The van der Waals surface area contributed by atoms with Crippen molar-refractivity contribution < 1.29 is 9.53 Å². The molecule has 0 bridgehead atoms. The second-order valence-electron chi connectivity index (χ2n) is 6.53. The summed E-state index contributed by atoms with van der Waals surface area (Å²) in [7, 11) is 0. The molecule has 0 radical (unpaired) electrons. The maximum atomic E-state index is 11.6. The van der Waals surface area contributed by atoms with Gasteiger partial charge in [-0.1, -0.05) is 6.07 Å². The first-order valence-corrected chi connectivity index (χ1v) is 9.04. The summed E-state index contributed by atoms with van der Waals surface area (Å²) in [6, 6.07) is 9.73. The summed E-state index contributed by atoms with van der Waals surface area (Å²) in [5, 5.41) is 10.7. The van der Waals surface area contributed by atoms with Crippen LogP contribution in [0.4, 0.5) is 17.2 Å². The van der Waals surface area contributed by atoms with Crippen LogP contribution >= 0.6 is 0 Å². The van der Waals surface area contributed by atoms with E-state index in [1.807, 2.05) is 64.9 Å². The summed E-state index contributed by atoms with van der Waals surface area (Å²) in [6.45, 7) is 2.90. The summed E-state index contributed by atoms with van der Waals surface area (Å²) in [6.07, 6.45) is 7.60. The molecule has 0 fully saturated rings. The van der Waals surface area contributed by atoms with Gasteiger partial charge in [-0.05, 0) is 30.7 Å². The molecule has 140 valence electrons. The molecule has 0 aliphatic carbocycles. The molecule has 4 heterocycles. The summed E-state index contributed by atoms with van der Waals surface area (Å²) in [5.41, 5.74) is 4.27. The molecule has 8 nitrogen and oxygen atoms in total. The van der Waals surface area contributed by atoms with E-state index < -0.39 is 0 Å². The van der Waals surface area contributed by atoms with Crippen molar-refractivity contribution >= 4 is 28.7 Å². The fourth-order valence-corrected chi connectivity index (χ4v) is 3.29. The molecule has 0 saturated carbocycles. The fourth-order valence-electron chi connectivity index (χ4n) is 3.29. The fraction of sp³-hybridized carbons (Fsp3) is 0.150. The van der Waals surface area contributed by atoms with E-state index in [-0.39, 0.29) is 12.5 Å². The maximum absolute atomic E-state index is 11.6. The topological polar surface area (TPSA) is 85.5 Å². The van der Waals surface area contributed by atoms with Crippen molar-refractivity contribution in [3.63, 3.8) is 0 Å². The first-order chi connectivity index (χ1) is 13.7. The van der Waals surface area contributed by atoms with Crippen molar-refractivity contribution in [3.05, 3.63) is 55.1 Å². The van der Waals surface area contributed by atoms with Crippen LogP contribution in [0.5, 0.6) is 5.75 Å². The Morgan fingerprint density at radius 3 is 3.00 bits per heavy atom. The number of ether oxygens (including phenoxy) is 1. The van der Waals surface area contributed by atoms with Crippen LogP contribution in [0.3, 0.4) is 0 Å². The number of carbonyl (C=O) groups excluding carboxylic acids is 1. The van der Waals surface area contributed by atoms with Gasteiger partial charge in [0.15, 0.2) is 18.1 Å². The third kappa shape index (κ3) is 2.84. The summed E-state index contributed by atoms with van der Waals surface area (Å²) in [4.78, 5) is 16.1. The van der Waals surface area contributed by atoms with E-state index in [0.717, 1.165) is 34.8 Å². The minimum atomic E-state index is -0.149. The minimum Gasteiger partial charge on any atom is -0.482 e. The van der Waals surface area contributed by atoms with Gasteiger partial charge in [-0.15, -0.1) is 0 Å². The third-order valence-corrected chi connectivity index (χ3v) is 4.66. The van der Waals surface area contributed by atoms with Gasteiger partial charge in [0.05, 0.1) is 11.4 Å². The number of benzene rings is 1. The molecular formula is C20H18N6O2. The van der Waals surface area contributed by atoms with Gasteiger partial charge in [0.2, 0.25) is 0 Å². The largest absolute Gasteiger partial charge is 0.482 e. The molecule has 4 aromatic rings. The van der Waals surface area contributed by atoms with Crippen molar-refractivity contribution in [1.82, 2.24) is 19.2 Å². The van der Waals surface area contributed by atoms with Crippen molar-refractivity contribution in [2.75, 3.05) is 17.2 Å². The normalized spacial score (nSPS) is 13.1. The zero-order chi connectivity index (χ0) is 19.1. The lowest BCUT2D eigenvalue weighted by Crippen LogP contribution is -2.25. The predicted octanol–water partition coefficient (Wildman–Crippen LogP) is 3.29. The van der Waals surface area contributed by atoms with Crippen LogP contribution in [0.2, 0.25) is 0 Å². The van der Waals surface area contributed by atoms with Crippen molar-refractivity contribution in [3.8, 4) is 16.9 Å². The molecule has 3 aromatic heterocycles. The molecule has 1 amide bonds. The van der Waals surface area contributed by atoms with Crippen molar-refractivity contribution in [2.24, 2.45) is 0 Å². The lowest BCUT2D eigenvalue weighted by atomic mass is 10.1. The van der Waals surface area contributed by atoms with Gasteiger partial charge in [-0.25, -0.2) is 4.98 Å². The van der Waals surface area contributed by atoms with Crippen LogP contribution in [-0.2, 0) is 11.3 Å².